The Balaban J connectivity index is 1.64. The predicted molar refractivity (Wildman–Crippen MR) is 139 cm³/mol. The third kappa shape index (κ3) is 3.00. The van der Waals surface area contributed by atoms with Gasteiger partial charge < -0.3 is 19.8 Å². The van der Waals surface area contributed by atoms with E-state index < -0.39 is 23.1 Å². The first kappa shape index (κ1) is 22.3. The van der Waals surface area contributed by atoms with E-state index in [4.69, 9.17) is 10.7 Å². The van der Waals surface area contributed by atoms with Gasteiger partial charge in [-0.3, -0.25) is 4.79 Å². The molecule has 2 aromatic heterocycles. The van der Waals surface area contributed by atoms with Gasteiger partial charge in [-0.1, -0.05) is 18.2 Å². The van der Waals surface area contributed by atoms with Gasteiger partial charge in [-0.15, -0.1) is 0 Å². The highest BCUT2D eigenvalue weighted by atomic mass is 19.1. The van der Waals surface area contributed by atoms with Gasteiger partial charge in [0, 0.05) is 61.0 Å². The molecule has 0 saturated carbocycles. The number of hydrogen-bond acceptors (Lipinski definition) is 4. The number of carbonyl (C=O) groups excluding carboxylic acids is 1. The summed E-state index contributed by atoms with van der Waals surface area (Å²) in [5.41, 5.74) is 12.3. The molecule has 0 radical (unpaired) electrons. The molecule has 3 aromatic carbocycles. The molecular formula is C28H25F2N5O. The van der Waals surface area contributed by atoms with Gasteiger partial charge in [0.2, 0.25) is 0 Å². The topological polar surface area (TPSA) is 69.1 Å². The molecule has 0 unspecified atom stereocenters. The lowest BCUT2D eigenvalue weighted by atomic mass is 9.93. The Morgan fingerprint density at radius 2 is 1.78 bits per heavy atom. The first-order valence-corrected chi connectivity index (χ1v) is 11.8. The number of para-hydroxylation sites is 1. The van der Waals surface area contributed by atoms with Gasteiger partial charge in [-0.05, 0) is 37.6 Å². The normalized spacial score (nSPS) is 13.2. The van der Waals surface area contributed by atoms with Gasteiger partial charge in [-0.2, -0.15) is 0 Å². The van der Waals surface area contributed by atoms with Crippen LogP contribution in [0.25, 0.3) is 33.1 Å². The van der Waals surface area contributed by atoms with Crippen molar-refractivity contribution in [3.8, 4) is 11.1 Å². The number of benzene rings is 3. The minimum atomic E-state index is -0.943. The lowest BCUT2D eigenvalue weighted by molar-refractivity contribution is 0.103. The summed E-state index contributed by atoms with van der Waals surface area (Å²) in [6, 6.07) is 10.0. The number of aryl methyl sites for hydroxylation is 3. The van der Waals surface area contributed by atoms with Crippen molar-refractivity contribution >= 4 is 39.1 Å². The van der Waals surface area contributed by atoms with Crippen molar-refractivity contribution in [1.29, 1.82) is 0 Å². The second-order valence-corrected chi connectivity index (χ2v) is 9.54. The van der Waals surface area contributed by atoms with Crippen LogP contribution in [0.1, 0.15) is 27.3 Å². The molecule has 5 aromatic rings. The molecule has 1 aliphatic rings. The van der Waals surface area contributed by atoms with Gasteiger partial charge in [0.05, 0.1) is 16.7 Å². The summed E-state index contributed by atoms with van der Waals surface area (Å²) in [5.74, 6) is -1.40. The number of hydrogen-bond donors (Lipinski definition) is 1. The van der Waals surface area contributed by atoms with E-state index in [1.165, 1.54) is 0 Å². The zero-order valence-corrected chi connectivity index (χ0v) is 20.5. The Labute approximate surface area is 206 Å². The predicted octanol–water partition coefficient (Wildman–Crippen LogP) is 5.35. The number of nitrogens with two attached hydrogens (primary N) is 1. The monoisotopic (exact) mass is 485 g/mol. The summed E-state index contributed by atoms with van der Waals surface area (Å²) >= 11 is 0. The molecule has 8 heteroatoms. The zero-order chi connectivity index (χ0) is 25.5. The van der Waals surface area contributed by atoms with Crippen LogP contribution in [0.4, 0.5) is 20.2 Å². The van der Waals surface area contributed by atoms with Crippen molar-refractivity contribution in [2.45, 2.75) is 20.4 Å². The Bertz CT molecular complexity index is 1720. The number of nitrogen functional groups attached to an aromatic ring is 1. The van der Waals surface area contributed by atoms with Crippen molar-refractivity contribution in [2.24, 2.45) is 7.05 Å². The van der Waals surface area contributed by atoms with Crippen molar-refractivity contribution in [2.75, 3.05) is 24.2 Å². The number of anilines is 2. The van der Waals surface area contributed by atoms with Gasteiger partial charge in [0.1, 0.15) is 28.7 Å². The lowest BCUT2D eigenvalue weighted by Crippen LogP contribution is -2.25. The molecule has 182 valence electrons. The Morgan fingerprint density at radius 3 is 2.50 bits per heavy atom. The SMILES string of the molecule is Cc1cc2c(nc(C)n2C)c2c1-c1cccc3c(C(=O)c4cc(F)c(N)c(F)c4)cn(c13)CCN2C. The average Bonchev–Trinajstić information content (AvgIpc) is 3.35. The van der Waals surface area contributed by atoms with E-state index in [2.05, 4.69) is 40.1 Å². The molecule has 0 amide bonds. The maximum atomic E-state index is 14.2. The van der Waals surface area contributed by atoms with Crippen LogP contribution in [0.15, 0.2) is 42.6 Å². The maximum Gasteiger partial charge on any atom is 0.195 e. The van der Waals surface area contributed by atoms with E-state index in [1.807, 2.05) is 26.1 Å². The third-order valence-electron chi connectivity index (χ3n) is 7.38. The molecule has 36 heavy (non-hydrogen) atoms. The minimum Gasteiger partial charge on any atom is -0.394 e. The van der Waals surface area contributed by atoms with Crippen LogP contribution in [-0.2, 0) is 13.6 Å². The smallest absolute Gasteiger partial charge is 0.195 e. The molecule has 0 atom stereocenters. The van der Waals surface area contributed by atoms with Crippen LogP contribution < -0.4 is 10.6 Å². The van der Waals surface area contributed by atoms with E-state index in [1.54, 1.807) is 6.20 Å². The van der Waals surface area contributed by atoms with Crippen LogP contribution in [0.3, 0.4) is 0 Å². The summed E-state index contributed by atoms with van der Waals surface area (Å²) in [5, 5.41) is 0.738. The number of carbonyl (C=O) groups is 1. The average molecular weight is 486 g/mol. The van der Waals surface area contributed by atoms with Gasteiger partial charge in [0.25, 0.3) is 0 Å². The number of nitrogens with zero attached hydrogens (tertiary/aromatic N) is 4. The first-order chi connectivity index (χ1) is 17.2. The van der Waals surface area contributed by atoms with Crippen LogP contribution in [-0.4, -0.2) is 33.5 Å². The molecule has 1 aliphatic heterocycles. The Morgan fingerprint density at radius 1 is 1.06 bits per heavy atom. The number of fused-ring (bicyclic) bond motifs is 4. The molecule has 0 fully saturated rings. The highest BCUT2D eigenvalue weighted by Gasteiger charge is 2.27. The van der Waals surface area contributed by atoms with Gasteiger partial charge in [-0.25, -0.2) is 13.8 Å². The van der Waals surface area contributed by atoms with Crippen molar-refractivity contribution in [1.82, 2.24) is 14.1 Å². The Hall–Kier alpha value is -4.20. The number of rotatable bonds is 2. The fourth-order valence-corrected chi connectivity index (χ4v) is 5.42. The van der Waals surface area contributed by atoms with Gasteiger partial charge >= 0.3 is 0 Å². The molecule has 2 N–H and O–H groups in total. The number of halogens is 2. The summed E-state index contributed by atoms with van der Waals surface area (Å²) in [6.07, 6.45) is 1.79. The third-order valence-corrected chi connectivity index (χ3v) is 7.38. The van der Waals surface area contributed by atoms with Crippen LogP contribution in [0, 0.1) is 25.5 Å². The van der Waals surface area contributed by atoms with Gasteiger partial charge in [0.15, 0.2) is 5.78 Å². The molecule has 6 nitrogen and oxygen atoms in total. The highest BCUT2D eigenvalue weighted by molar-refractivity contribution is 6.19. The molecule has 0 aliphatic carbocycles. The van der Waals surface area contributed by atoms with E-state index in [-0.39, 0.29) is 5.56 Å². The second-order valence-electron chi connectivity index (χ2n) is 9.54. The molecule has 0 saturated heterocycles. The molecule has 6 rings (SSSR count). The maximum absolute atomic E-state index is 14.2. The van der Waals surface area contributed by atoms with E-state index in [9.17, 15) is 13.6 Å². The number of ketones is 1. The quantitative estimate of drug-likeness (QED) is 0.270. The fraction of sp³-hybridized carbons (Fsp3) is 0.214. The first-order valence-electron chi connectivity index (χ1n) is 11.8. The van der Waals surface area contributed by atoms with Crippen molar-refractivity contribution in [3.63, 3.8) is 0 Å². The lowest BCUT2D eigenvalue weighted by Gasteiger charge is -2.28. The van der Waals surface area contributed by atoms with Crippen LogP contribution >= 0.6 is 0 Å². The second kappa shape index (κ2) is 7.65. The standard InChI is InChI=1S/C28H25F2N5O/c1-14-10-22-25(32-15(2)34(22)4)27-23(14)18-7-5-6-17-19(13-35(26(17)18)9-8-33(27)3)28(36)16-11-20(29)24(31)21(30)12-16/h5-7,10-13H,8-9,31H2,1-4H3. The Kier molecular flexibility index (Phi) is 4.73. The van der Waals surface area contributed by atoms with E-state index in [0.717, 1.165) is 62.3 Å². The number of likely N-dealkylation sites (N-methyl/N-ethyl adjacent to an activating group) is 1. The fourth-order valence-electron chi connectivity index (χ4n) is 5.42. The van der Waals surface area contributed by atoms with Crippen LogP contribution in [0.5, 0.6) is 0 Å². The number of imidazole rings is 1. The van der Waals surface area contributed by atoms with Crippen LogP contribution in [0.2, 0.25) is 0 Å². The van der Waals surface area contributed by atoms with E-state index in [0.29, 0.717) is 18.7 Å². The summed E-state index contributed by atoms with van der Waals surface area (Å²) in [4.78, 5) is 20.6. The molecular weight excluding hydrogens is 460 g/mol. The zero-order valence-electron chi connectivity index (χ0n) is 20.5. The highest BCUT2D eigenvalue weighted by Crippen LogP contribution is 2.44. The summed E-state index contributed by atoms with van der Waals surface area (Å²) in [6.45, 7) is 5.41. The molecule has 0 spiro atoms. The molecule has 3 heterocycles. The van der Waals surface area contributed by atoms with Crippen molar-refractivity contribution in [3.05, 3.63) is 76.7 Å². The summed E-state index contributed by atoms with van der Waals surface area (Å²) in [7, 11) is 4.08. The number of aromatic nitrogens is 3. The largest absolute Gasteiger partial charge is 0.394 e. The molecule has 0 bridgehead atoms. The summed E-state index contributed by atoms with van der Waals surface area (Å²) < 4.78 is 32.5. The van der Waals surface area contributed by atoms with Crippen molar-refractivity contribution < 1.29 is 13.6 Å². The minimum absolute atomic E-state index is 0.0714. The van der Waals surface area contributed by atoms with E-state index >= 15 is 0 Å².